The minimum atomic E-state index is -0.570. The molecule has 0 unspecified atom stereocenters. The number of primary amides is 1. The molecule has 0 aromatic rings. The maximum atomic E-state index is 12.2. The van der Waals surface area contributed by atoms with Gasteiger partial charge in [0.1, 0.15) is 6.04 Å². The molecular weight excluding hydrogens is 246 g/mol. The average Bonchev–Trinajstić information content (AvgIpc) is 2.38. The summed E-state index contributed by atoms with van der Waals surface area (Å²) in [5.74, 6) is -0.473. The third-order valence-corrected chi connectivity index (χ3v) is 2.91. The second kappa shape index (κ2) is 9.61. The molecule has 0 saturated heterocycles. The lowest BCUT2D eigenvalue weighted by Crippen LogP contribution is -2.51. The van der Waals surface area contributed by atoms with Gasteiger partial charge in [0.2, 0.25) is 5.91 Å². The molecule has 112 valence electrons. The summed E-state index contributed by atoms with van der Waals surface area (Å²) in [7, 11) is 1.56. The number of rotatable bonds is 9. The summed E-state index contributed by atoms with van der Waals surface area (Å²) in [5.41, 5.74) is 5.37. The van der Waals surface area contributed by atoms with Gasteiger partial charge in [0, 0.05) is 13.6 Å². The molecule has 19 heavy (non-hydrogen) atoms. The van der Waals surface area contributed by atoms with Crippen LogP contribution in [0.1, 0.15) is 46.5 Å². The topological polar surface area (TPSA) is 75.9 Å². The Bertz CT molecular complexity index is 284. The normalized spacial score (nSPS) is 12.0. The van der Waals surface area contributed by atoms with Crippen molar-refractivity contribution in [2.24, 2.45) is 5.73 Å². The molecule has 0 spiro atoms. The number of hydrogen-bond donors (Lipinski definition) is 1. The van der Waals surface area contributed by atoms with E-state index in [-0.39, 0.29) is 6.03 Å². The SMILES string of the molecule is CCCCON(C)C(=O)N(CC)[C@@H](CCC)C(N)=O. The van der Waals surface area contributed by atoms with E-state index < -0.39 is 11.9 Å². The van der Waals surface area contributed by atoms with Crippen molar-refractivity contribution in [1.29, 1.82) is 0 Å². The fraction of sp³-hybridized carbons (Fsp3) is 0.846. The minimum absolute atomic E-state index is 0.323. The Balaban J connectivity index is 4.62. The van der Waals surface area contributed by atoms with Crippen molar-refractivity contribution < 1.29 is 14.4 Å². The number of carbonyl (C=O) groups excluding carboxylic acids is 2. The van der Waals surface area contributed by atoms with Crippen LogP contribution in [0.3, 0.4) is 0 Å². The van der Waals surface area contributed by atoms with Crippen LogP contribution < -0.4 is 5.73 Å². The predicted molar refractivity (Wildman–Crippen MR) is 74.3 cm³/mol. The Morgan fingerprint density at radius 2 is 1.84 bits per heavy atom. The third kappa shape index (κ3) is 5.92. The predicted octanol–water partition coefficient (Wildman–Crippen LogP) is 1.75. The third-order valence-electron chi connectivity index (χ3n) is 2.91. The molecule has 0 heterocycles. The first-order chi connectivity index (χ1) is 8.99. The summed E-state index contributed by atoms with van der Waals surface area (Å²) in [4.78, 5) is 30.4. The number of nitrogens with two attached hydrogens (primary N) is 1. The van der Waals surface area contributed by atoms with Gasteiger partial charge in [0.25, 0.3) is 0 Å². The van der Waals surface area contributed by atoms with Crippen molar-refractivity contribution in [3.05, 3.63) is 0 Å². The molecule has 1 atom stereocenters. The Morgan fingerprint density at radius 3 is 2.26 bits per heavy atom. The lowest BCUT2D eigenvalue weighted by molar-refractivity contribution is -0.127. The number of amides is 3. The first-order valence-corrected chi connectivity index (χ1v) is 6.96. The molecule has 0 bridgehead atoms. The highest BCUT2D eigenvalue weighted by atomic mass is 16.7. The summed E-state index contributed by atoms with van der Waals surface area (Å²) in [6.07, 6.45) is 3.24. The molecule has 0 fully saturated rings. The van der Waals surface area contributed by atoms with Gasteiger partial charge in [-0.1, -0.05) is 26.7 Å². The minimum Gasteiger partial charge on any atom is -0.368 e. The van der Waals surface area contributed by atoms with Crippen LogP contribution in [0.2, 0.25) is 0 Å². The van der Waals surface area contributed by atoms with E-state index in [9.17, 15) is 9.59 Å². The molecule has 0 aromatic carbocycles. The first-order valence-electron chi connectivity index (χ1n) is 6.96. The summed E-state index contributed by atoms with van der Waals surface area (Å²) >= 11 is 0. The van der Waals surface area contributed by atoms with E-state index in [1.807, 2.05) is 20.8 Å². The highest BCUT2D eigenvalue weighted by molar-refractivity contribution is 5.85. The zero-order valence-electron chi connectivity index (χ0n) is 12.5. The van der Waals surface area contributed by atoms with Crippen molar-refractivity contribution in [2.75, 3.05) is 20.2 Å². The number of urea groups is 1. The number of likely N-dealkylation sites (N-methyl/N-ethyl adjacent to an activating group) is 1. The zero-order chi connectivity index (χ0) is 14.8. The number of carbonyl (C=O) groups is 2. The molecule has 0 aliphatic heterocycles. The second-order valence-corrected chi connectivity index (χ2v) is 4.46. The molecule has 6 nitrogen and oxygen atoms in total. The lowest BCUT2D eigenvalue weighted by atomic mass is 10.1. The van der Waals surface area contributed by atoms with Gasteiger partial charge < -0.3 is 10.6 Å². The van der Waals surface area contributed by atoms with E-state index in [1.54, 1.807) is 7.05 Å². The summed E-state index contributed by atoms with van der Waals surface area (Å²) < 4.78 is 0. The Kier molecular flexibility index (Phi) is 8.95. The molecule has 0 aliphatic carbocycles. The van der Waals surface area contributed by atoms with Gasteiger partial charge in [-0.05, 0) is 19.8 Å². The molecule has 0 aromatic heterocycles. The fourth-order valence-electron chi connectivity index (χ4n) is 1.80. The van der Waals surface area contributed by atoms with Gasteiger partial charge >= 0.3 is 6.03 Å². The van der Waals surface area contributed by atoms with E-state index in [1.165, 1.54) is 9.96 Å². The van der Waals surface area contributed by atoms with Gasteiger partial charge in [0.05, 0.1) is 6.61 Å². The van der Waals surface area contributed by atoms with Crippen LogP contribution in [0.25, 0.3) is 0 Å². The summed E-state index contributed by atoms with van der Waals surface area (Å²) in [6, 6.07) is -0.893. The molecule has 0 saturated carbocycles. The number of hydrogen-bond acceptors (Lipinski definition) is 3. The van der Waals surface area contributed by atoms with Crippen molar-refractivity contribution in [3.8, 4) is 0 Å². The molecule has 3 amide bonds. The van der Waals surface area contributed by atoms with Gasteiger partial charge in [-0.25, -0.2) is 9.86 Å². The quantitative estimate of drug-likeness (QED) is 0.513. The van der Waals surface area contributed by atoms with Crippen molar-refractivity contribution >= 4 is 11.9 Å². The van der Waals surface area contributed by atoms with E-state index in [0.29, 0.717) is 19.6 Å². The number of unbranched alkanes of at least 4 members (excludes halogenated alkanes) is 1. The first kappa shape index (κ1) is 17.7. The average molecular weight is 273 g/mol. The van der Waals surface area contributed by atoms with Crippen LogP contribution in [0, 0.1) is 0 Å². The maximum absolute atomic E-state index is 12.2. The van der Waals surface area contributed by atoms with Crippen molar-refractivity contribution in [2.45, 2.75) is 52.5 Å². The van der Waals surface area contributed by atoms with Gasteiger partial charge in [-0.15, -0.1) is 0 Å². The molecular formula is C13H27N3O3. The van der Waals surface area contributed by atoms with Gasteiger partial charge in [0.15, 0.2) is 0 Å². The standard InChI is InChI=1S/C13H27N3O3/c1-5-8-10-19-15(4)13(18)16(7-3)11(9-6-2)12(14)17/h11H,5-10H2,1-4H3,(H2,14,17)/t11-/m0/s1. The van der Waals surface area contributed by atoms with Crippen LogP contribution in [-0.4, -0.2) is 48.1 Å². The second-order valence-electron chi connectivity index (χ2n) is 4.46. The van der Waals surface area contributed by atoms with E-state index >= 15 is 0 Å². The molecule has 2 N–H and O–H groups in total. The highest BCUT2D eigenvalue weighted by Gasteiger charge is 2.28. The van der Waals surface area contributed by atoms with E-state index in [2.05, 4.69) is 0 Å². The molecule has 6 heteroatoms. The Labute approximate surface area is 115 Å². The van der Waals surface area contributed by atoms with Gasteiger partial charge in [-0.3, -0.25) is 9.63 Å². The monoisotopic (exact) mass is 273 g/mol. The van der Waals surface area contributed by atoms with Crippen LogP contribution in [-0.2, 0) is 9.63 Å². The summed E-state index contributed by atoms with van der Waals surface area (Å²) in [5, 5.41) is 1.19. The van der Waals surface area contributed by atoms with Crippen LogP contribution in [0.5, 0.6) is 0 Å². The lowest BCUT2D eigenvalue weighted by Gasteiger charge is -2.31. The zero-order valence-corrected chi connectivity index (χ0v) is 12.5. The van der Waals surface area contributed by atoms with Crippen molar-refractivity contribution in [1.82, 2.24) is 9.96 Å². The van der Waals surface area contributed by atoms with Gasteiger partial charge in [-0.2, -0.15) is 0 Å². The van der Waals surface area contributed by atoms with Crippen LogP contribution in [0.15, 0.2) is 0 Å². The maximum Gasteiger partial charge on any atom is 0.344 e. The molecule has 0 rings (SSSR count). The fourth-order valence-corrected chi connectivity index (χ4v) is 1.80. The largest absolute Gasteiger partial charge is 0.368 e. The number of hydroxylamine groups is 2. The Morgan fingerprint density at radius 1 is 1.21 bits per heavy atom. The van der Waals surface area contributed by atoms with Crippen LogP contribution in [0.4, 0.5) is 4.79 Å². The van der Waals surface area contributed by atoms with E-state index in [0.717, 1.165) is 19.3 Å². The number of nitrogens with zero attached hydrogens (tertiary/aromatic N) is 2. The van der Waals surface area contributed by atoms with E-state index in [4.69, 9.17) is 10.6 Å². The van der Waals surface area contributed by atoms with Crippen LogP contribution >= 0.6 is 0 Å². The molecule has 0 aliphatic rings. The van der Waals surface area contributed by atoms with Crippen molar-refractivity contribution in [3.63, 3.8) is 0 Å². The molecule has 0 radical (unpaired) electrons. The summed E-state index contributed by atoms with van der Waals surface area (Å²) in [6.45, 7) is 6.74. The smallest absolute Gasteiger partial charge is 0.344 e. The highest BCUT2D eigenvalue weighted by Crippen LogP contribution is 2.10. The Hall–Kier alpha value is -1.30.